The molecule has 2 amide bonds. The highest BCUT2D eigenvalue weighted by Crippen LogP contribution is 2.32. The van der Waals surface area contributed by atoms with Crippen molar-refractivity contribution >= 4 is 55.5 Å². The van der Waals surface area contributed by atoms with Gasteiger partial charge in [0, 0.05) is 11.1 Å². The number of nitrogens with one attached hydrogen (secondary N) is 2. The summed E-state index contributed by atoms with van der Waals surface area (Å²) < 4.78 is 39.6. The number of halogens is 3. The van der Waals surface area contributed by atoms with Crippen LogP contribution in [-0.4, -0.2) is 21.8 Å². The normalized spacial score (nSPS) is 12.5. The summed E-state index contributed by atoms with van der Waals surface area (Å²) in [5.41, 5.74) is 2.43. The number of carbonyl (C=O) groups is 2. The van der Waals surface area contributed by atoms with Gasteiger partial charge >= 0.3 is 6.18 Å². The number of hydrogen-bond donors (Lipinski definition) is 2. The highest BCUT2D eigenvalue weighted by Gasteiger charge is 2.31. The first-order chi connectivity index (χ1) is 15.2. The van der Waals surface area contributed by atoms with Crippen LogP contribution in [0.1, 0.15) is 34.5 Å². The monoisotopic (exact) mass is 476 g/mol. The van der Waals surface area contributed by atoms with Crippen molar-refractivity contribution < 1.29 is 22.8 Å². The molecule has 6 nitrogen and oxygen atoms in total. The highest BCUT2D eigenvalue weighted by molar-refractivity contribution is 7.22. The van der Waals surface area contributed by atoms with Gasteiger partial charge < -0.3 is 5.32 Å². The molecule has 164 valence electrons. The average molecular weight is 477 g/mol. The van der Waals surface area contributed by atoms with Gasteiger partial charge in [-0.2, -0.15) is 13.2 Å². The lowest BCUT2D eigenvalue weighted by molar-refractivity contribution is -0.137. The summed E-state index contributed by atoms with van der Waals surface area (Å²) in [4.78, 5) is 33.0. The Balaban J connectivity index is 1.48. The minimum absolute atomic E-state index is 0.267. The van der Waals surface area contributed by atoms with Crippen LogP contribution in [0.15, 0.2) is 53.4 Å². The van der Waals surface area contributed by atoms with Gasteiger partial charge in [-0.1, -0.05) is 29.5 Å². The Kier molecular flexibility index (Phi) is 5.94. The fraction of sp³-hybridized carbons (Fsp3) is 0.143. The largest absolute Gasteiger partial charge is 0.416 e. The van der Waals surface area contributed by atoms with E-state index in [0.29, 0.717) is 22.0 Å². The number of thiazole rings is 2. The van der Waals surface area contributed by atoms with Gasteiger partial charge in [-0.15, -0.1) is 11.3 Å². The number of rotatable bonds is 5. The number of nitrogens with zero attached hydrogens (tertiary/aromatic N) is 2. The zero-order chi connectivity index (χ0) is 22.9. The third-order valence-corrected chi connectivity index (χ3v) is 6.17. The van der Waals surface area contributed by atoms with Crippen LogP contribution >= 0.6 is 22.7 Å². The number of benzene rings is 2. The SMILES string of the molecule is CC(C(=O)Nc1ccc2nc(NC(=O)c3cscn3)sc2c1)c1cccc(C(F)(F)F)c1. The molecule has 32 heavy (non-hydrogen) atoms. The summed E-state index contributed by atoms with van der Waals surface area (Å²) in [5, 5.41) is 7.42. The van der Waals surface area contributed by atoms with E-state index in [1.165, 1.54) is 34.8 Å². The van der Waals surface area contributed by atoms with Gasteiger partial charge in [0.25, 0.3) is 5.91 Å². The number of alkyl halides is 3. The van der Waals surface area contributed by atoms with Crippen molar-refractivity contribution in [3.8, 4) is 0 Å². The quantitative estimate of drug-likeness (QED) is 0.383. The second kappa shape index (κ2) is 8.67. The molecule has 0 aliphatic heterocycles. The minimum Gasteiger partial charge on any atom is -0.326 e. The summed E-state index contributed by atoms with van der Waals surface area (Å²) >= 11 is 2.54. The molecule has 2 aromatic heterocycles. The molecule has 4 rings (SSSR count). The van der Waals surface area contributed by atoms with Crippen molar-refractivity contribution in [2.75, 3.05) is 10.6 Å². The smallest absolute Gasteiger partial charge is 0.326 e. The summed E-state index contributed by atoms with van der Waals surface area (Å²) in [7, 11) is 0. The summed E-state index contributed by atoms with van der Waals surface area (Å²) in [5.74, 6) is -1.60. The molecule has 0 saturated heterocycles. The topological polar surface area (TPSA) is 84.0 Å². The zero-order valence-electron chi connectivity index (χ0n) is 16.4. The van der Waals surface area contributed by atoms with Gasteiger partial charge in [0.05, 0.1) is 27.2 Å². The molecule has 1 atom stereocenters. The van der Waals surface area contributed by atoms with Gasteiger partial charge in [0.15, 0.2) is 5.13 Å². The Morgan fingerprint density at radius 1 is 1.09 bits per heavy atom. The van der Waals surface area contributed by atoms with Crippen LogP contribution in [0.3, 0.4) is 0 Å². The number of amides is 2. The van der Waals surface area contributed by atoms with Gasteiger partial charge in [-0.05, 0) is 36.8 Å². The average Bonchev–Trinajstić information content (AvgIpc) is 3.42. The van der Waals surface area contributed by atoms with Crippen molar-refractivity contribution in [1.29, 1.82) is 0 Å². The van der Waals surface area contributed by atoms with E-state index in [1.54, 1.807) is 36.0 Å². The van der Waals surface area contributed by atoms with E-state index < -0.39 is 23.6 Å². The molecule has 0 bridgehead atoms. The molecule has 0 radical (unpaired) electrons. The molecular formula is C21H15F3N4O2S2. The first-order valence-electron chi connectivity index (χ1n) is 9.29. The molecule has 0 fully saturated rings. The van der Waals surface area contributed by atoms with E-state index >= 15 is 0 Å². The molecule has 4 aromatic rings. The third-order valence-electron chi connectivity index (χ3n) is 4.65. The van der Waals surface area contributed by atoms with Crippen molar-refractivity contribution in [1.82, 2.24) is 9.97 Å². The molecule has 0 spiro atoms. The van der Waals surface area contributed by atoms with E-state index in [-0.39, 0.29) is 11.5 Å². The second-order valence-corrected chi connectivity index (χ2v) is 8.61. The predicted octanol–water partition coefficient (Wildman–Crippen LogP) is 5.77. The van der Waals surface area contributed by atoms with Crippen LogP contribution < -0.4 is 10.6 Å². The van der Waals surface area contributed by atoms with E-state index in [0.717, 1.165) is 16.8 Å². The van der Waals surface area contributed by atoms with Crippen molar-refractivity contribution in [3.63, 3.8) is 0 Å². The molecule has 11 heteroatoms. The maximum absolute atomic E-state index is 13.0. The Morgan fingerprint density at radius 2 is 1.91 bits per heavy atom. The first kappa shape index (κ1) is 21.9. The fourth-order valence-corrected chi connectivity index (χ4v) is 4.36. The van der Waals surface area contributed by atoms with Crippen molar-refractivity contribution in [2.24, 2.45) is 0 Å². The van der Waals surface area contributed by atoms with Crippen molar-refractivity contribution in [2.45, 2.75) is 19.0 Å². The number of anilines is 2. The van der Waals surface area contributed by atoms with Gasteiger partial charge in [0.2, 0.25) is 5.91 Å². The Labute approximate surface area is 188 Å². The zero-order valence-corrected chi connectivity index (χ0v) is 18.1. The van der Waals surface area contributed by atoms with Crippen LogP contribution in [0.5, 0.6) is 0 Å². The van der Waals surface area contributed by atoms with Crippen molar-refractivity contribution in [3.05, 3.63) is 70.2 Å². The van der Waals surface area contributed by atoms with Crippen LogP contribution in [-0.2, 0) is 11.0 Å². The summed E-state index contributed by atoms with van der Waals surface area (Å²) in [6.45, 7) is 1.54. The van der Waals surface area contributed by atoms with Crippen LogP contribution in [0.2, 0.25) is 0 Å². The summed E-state index contributed by atoms with van der Waals surface area (Å²) in [6.07, 6.45) is -4.48. The lowest BCUT2D eigenvalue weighted by atomic mass is 9.98. The second-order valence-electron chi connectivity index (χ2n) is 6.86. The van der Waals surface area contributed by atoms with E-state index in [9.17, 15) is 22.8 Å². The first-order valence-corrected chi connectivity index (χ1v) is 11.0. The maximum atomic E-state index is 13.0. The van der Waals surface area contributed by atoms with Gasteiger partial charge in [-0.3, -0.25) is 14.9 Å². The molecule has 0 saturated carbocycles. The standard InChI is InChI=1S/C21H15F3N4O2S2/c1-11(12-3-2-4-13(7-12)21(22,23)24)18(29)26-14-5-6-15-17(8-14)32-20(27-15)28-19(30)16-9-31-10-25-16/h2-11H,1H3,(H,26,29)(H,27,28,30). The molecule has 0 aliphatic carbocycles. The Morgan fingerprint density at radius 3 is 2.62 bits per heavy atom. The highest BCUT2D eigenvalue weighted by atomic mass is 32.1. The van der Waals surface area contributed by atoms with Gasteiger partial charge in [0.1, 0.15) is 5.69 Å². The number of carbonyl (C=O) groups excluding carboxylic acids is 2. The van der Waals surface area contributed by atoms with E-state index in [1.807, 2.05) is 0 Å². The maximum Gasteiger partial charge on any atom is 0.416 e. The van der Waals surface area contributed by atoms with Crippen LogP contribution in [0, 0.1) is 0 Å². The number of aromatic nitrogens is 2. The molecular weight excluding hydrogens is 461 g/mol. The fourth-order valence-electron chi connectivity index (χ4n) is 2.93. The van der Waals surface area contributed by atoms with Crippen LogP contribution in [0.4, 0.5) is 24.0 Å². The molecule has 1 unspecified atom stereocenters. The third kappa shape index (κ3) is 4.78. The van der Waals surface area contributed by atoms with E-state index in [2.05, 4.69) is 20.6 Å². The molecule has 2 heterocycles. The number of hydrogen-bond acceptors (Lipinski definition) is 6. The van der Waals surface area contributed by atoms with Crippen LogP contribution in [0.25, 0.3) is 10.2 Å². The summed E-state index contributed by atoms with van der Waals surface area (Å²) in [6, 6.07) is 9.75. The van der Waals surface area contributed by atoms with Gasteiger partial charge in [-0.25, -0.2) is 9.97 Å². The lowest BCUT2D eigenvalue weighted by Crippen LogP contribution is -2.19. The number of fused-ring (bicyclic) bond motifs is 1. The minimum atomic E-state index is -4.48. The molecule has 2 aromatic carbocycles. The Hall–Kier alpha value is -3.31. The predicted molar refractivity (Wildman–Crippen MR) is 118 cm³/mol. The molecule has 0 aliphatic rings. The lowest BCUT2D eigenvalue weighted by Gasteiger charge is -2.15. The van der Waals surface area contributed by atoms with E-state index in [4.69, 9.17) is 0 Å². The Bertz CT molecular complexity index is 1290. The molecule has 2 N–H and O–H groups in total.